The van der Waals surface area contributed by atoms with Crippen LogP contribution in [0.4, 0.5) is 4.39 Å². The molecule has 0 amide bonds. The average Bonchev–Trinajstić information content (AvgIpc) is 2.19. The van der Waals surface area contributed by atoms with Crippen molar-refractivity contribution in [2.24, 2.45) is 0 Å². The summed E-state index contributed by atoms with van der Waals surface area (Å²) >= 11 is 0. The lowest BCUT2D eigenvalue weighted by Crippen LogP contribution is -2.12. The number of carboxylic acids is 1. The Morgan fingerprint density at radius 3 is 2.64 bits per heavy atom. The first-order chi connectivity index (χ1) is 6.70. The van der Waals surface area contributed by atoms with Gasteiger partial charge >= 0.3 is 5.97 Å². The van der Waals surface area contributed by atoms with Gasteiger partial charge in [-0.1, -0.05) is 42.5 Å². The van der Waals surface area contributed by atoms with Gasteiger partial charge < -0.3 is 5.11 Å². The molecule has 0 fully saturated rings. The summed E-state index contributed by atoms with van der Waals surface area (Å²) in [6.45, 7) is 0. The molecule has 1 N–H and O–H groups in total. The molecule has 3 heteroatoms. The van der Waals surface area contributed by atoms with E-state index in [4.69, 9.17) is 5.11 Å². The molecule has 1 rings (SSSR count). The third-order valence-corrected chi connectivity index (χ3v) is 1.72. The van der Waals surface area contributed by atoms with E-state index < -0.39 is 12.1 Å². The van der Waals surface area contributed by atoms with Crippen LogP contribution in [0.25, 0.3) is 6.08 Å². The predicted octanol–water partition coefficient (Wildman–Crippen LogP) is 2.51. The van der Waals surface area contributed by atoms with Crippen LogP contribution in [0.1, 0.15) is 12.0 Å². The molecule has 0 aromatic heterocycles. The second kappa shape index (κ2) is 5.17. The fraction of sp³-hybridized carbons (Fsp3) is 0.182. The van der Waals surface area contributed by atoms with Crippen LogP contribution in [0, 0.1) is 0 Å². The highest BCUT2D eigenvalue weighted by molar-refractivity contribution is 5.72. The molecule has 0 saturated heterocycles. The van der Waals surface area contributed by atoms with Crippen LogP contribution >= 0.6 is 0 Å². The third kappa shape index (κ3) is 3.39. The molecule has 1 aromatic rings. The van der Waals surface area contributed by atoms with Crippen LogP contribution in [0.15, 0.2) is 36.4 Å². The van der Waals surface area contributed by atoms with Gasteiger partial charge in [0.05, 0.1) is 0 Å². The largest absolute Gasteiger partial charge is 0.479 e. The highest BCUT2D eigenvalue weighted by atomic mass is 19.1. The second-order valence-electron chi connectivity index (χ2n) is 2.85. The van der Waals surface area contributed by atoms with Gasteiger partial charge in [-0.05, 0) is 5.56 Å². The first kappa shape index (κ1) is 10.4. The highest BCUT2D eigenvalue weighted by Crippen LogP contribution is 2.05. The topological polar surface area (TPSA) is 37.3 Å². The molecule has 0 spiro atoms. The average molecular weight is 194 g/mol. The zero-order chi connectivity index (χ0) is 10.4. The summed E-state index contributed by atoms with van der Waals surface area (Å²) in [5.41, 5.74) is 0.935. The number of halogens is 1. The molecule has 0 aliphatic heterocycles. The van der Waals surface area contributed by atoms with Gasteiger partial charge in [0.1, 0.15) is 0 Å². The molecule has 0 radical (unpaired) electrons. The van der Waals surface area contributed by atoms with Crippen molar-refractivity contribution >= 4 is 12.0 Å². The Balaban J connectivity index is 2.46. The third-order valence-electron chi connectivity index (χ3n) is 1.72. The molecule has 0 aliphatic rings. The molecule has 1 aromatic carbocycles. The summed E-state index contributed by atoms with van der Waals surface area (Å²) in [6, 6.07) is 9.34. The van der Waals surface area contributed by atoms with Crippen LogP contribution in [0.3, 0.4) is 0 Å². The normalized spacial score (nSPS) is 12.9. The quantitative estimate of drug-likeness (QED) is 0.799. The molecule has 14 heavy (non-hydrogen) atoms. The van der Waals surface area contributed by atoms with Crippen LogP contribution in [-0.4, -0.2) is 17.2 Å². The smallest absolute Gasteiger partial charge is 0.338 e. The minimum Gasteiger partial charge on any atom is -0.479 e. The van der Waals surface area contributed by atoms with Crippen LogP contribution in [0.5, 0.6) is 0 Å². The van der Waals surface area contributed by atoms with Gasteiger partial charge in [-0.2, -0.15) is 0 Å². The van der Waals surface area contributed by atoms with Crippen molar-refractivity contribution in [3.63, 3.8) is 0 Å². The van der Waals surface area contributed by atoms with Gasteiger partial charge in [0, 0.05) is 6.42 Å². The minimum atomic E-state index is -1.81. The summed E-state index contributed by atoms with van der Waals surface area (Å²) in [5.74, 6) is -1.41. The van der Waals surface area contributed by atoms with E-state index in [1.807, 2.05) is 30.3 Å². The van der Waals surface area contributed by atoms with Gasteiger partial charge in [-0.25, -0.2) is 9.18 Å². The Hall–Kier alpha value is -1.64. The Morgan fingerprint density at radius 2 is 2.07 bits per heavy atom. The van der Waals surface area contributed by atoms with Crippen molar-refractivity contribution < 1.29 is 14.3 Å². The fourth-order valence-corrected chi connectivity index (χ4v) is 0.989. The fourth-order valence-electron chi connectivity index (χ4n) is 0.989. The monoisotopic (exact) mass is 194 g/mol. The number of allylic oxidation sites excluding steroid dienone is 1. The van der Waals surface area contributed by atoms with Gasteiger partial charge in [0.25, 0.3) is 0 Å². The first-order valence-electron chi connectivity index (χ1n) is 4.28. The lowest BCUT2D eigenvalue weighted by Gasteiger charge is -1.96. The molecule has 0 bridgehead atoms. The van der Waals surface area contributed by atoms with Crippen molar-refractivity contribution in [1.29, 1.82) is 0 Å². The minimum absolute atomic E-state index is 0.0930. The van der Waals surface area contributed by atoms with Gasteiger partial charge in [0.2, 0.25) is 6.17 Å². The number of aliphatic carboxylic acids is 1. The molecule has 2 nitrogen and oxygen atoms in total. The van der Waals surface area contributed by atoms with Gasteiger partial charge in [-0.3, -0.25) is 0 Å². The lowest BCUT2D eigenvalue weighted by atomic mass is 10.2. The molecular weight excluding hydrogens is 183 g/mol. The van der Waals surface area contributed by atoms with E-state index in [0.29, 0.717) is 0 Å². The Morgan fingerprint density at radius 1 is 1.43 bits per heavy atom. The first-order valence-corrected chi connectivity index (χ1v) is 4.28. The Kier molecular flexibility index (Phi) is 3.85. The van der Waals surface area contributed by atoms with E-state index >= 15 is 0 Å². The van der Waals surface area contributed by atoms with E-state index in [-0.39, 0.29) is 6.42 Å². The Bertz CT molecular complexity index is 319. The van der Waals surface area contributed by atoms with Crippen molar-refractivity contribution in [2.75, 3.05) is 0 Å². The summed E-state index contributed by atoms with van der Waals surface area (Å²) < 4.78 is 12.6. The number of hydrogen-bond donors (Lipinski definition) is 1. The number of carbonyl (C=O) groups is 1. The van der Waals surface area contributed by atoms with Crippen molar-refractivity contribution in [3.05, 3.63) is 42.0 Å². The molecule has 0 aliphatic carbocycles. The van der Waals surface area contributed by atoms with E-state index in [1.54, 1.807) is 6.08 Å². The summed E-state index contributed by atoms with van der Waals surface area (Å²) in [5, 5.41) is 8.27. The van der Waals surface area contributed by atoms with Crippen LogP contribution in [0.2, 0.25) is 0 Å². The lowest BCUT2D eigenvalue weighted by molar-refractivity contribution is -0.142. The SMILES string of the molecule is O=C(O)[C@H](F)C/C=C/c1ccccc1. The summed E-state index contributed by atoms with van der Waals surface area (Å²) in [4.78, 5) is 10.1. The van der Waals surface area contributed by atoms with E-state index in [2.05, 4.69) is 0 Å². The van der Waals surface area contributed by atoms with E-state index in [9.17, 15) is 9.18 Å². The van der Waals surface area contributed by atoms with Crippen LogP contribution in [-0.2, 0) is 4.79 Å². The maximum absolute atomic E-state index is 12.6. The summed E-state index contributed by atoms with van der Waals surface area (Å²) in [7, 11) is 0. The molecule has 1 atom stereocenters. The van der Waals surface area contributed by atoms with Crippen molar-refractivity contribution in [3.8, 4) is 0 Å². The number of alkyl halides is 1. The maximum atomic E-state index is 12.6. The van der Waals surface area contributed by atoms with Crippen molar-refractivity contribution in [2.45, 2.75) is 12.6 Å². The molecule has 0 heterocycles. The maximum Gasteiger partial charge on any atom is 0.338 e. The molecular formula is C11H11FO2. The zero-order valence-electron chi connectivity index (χ0n) is 7.56. The van der Waals surface area contributed by atoms with E-state index in [1.165, 1.54) is 6.08 Å². The number of benzene rings is 1. The second-order valence-corrected chi connectivity index (χ2v) is 2.85. The number of hydrogen-bond acceptors (Lipinski definition) is 1. The standard InChI is InChI=1S/C11H11FO2/c12-10(11(13)14)8-4-7-9-5-2-1-3-6-9/h1-7,10H,8H2,(H,13,14)/b7-4+/t10-/m1/s1. The zero-order valence-corrected chi connectivity index (χ0v) is 7.56. The number of rotatable bonds is 4. The van der Waals surface area contributed by atoms with Gasteiger partial charge in [0.15, 0.2) is 0 Å². The van der Waals surface area contributed by atoms with Crippen LogP contribution < -0.4 is 0 Å². The molecule has 0 unspecified atom stereocenters. The molecule has 74 valence electrons. The predicted molar refractivity (Wildman–Crippen MR) is 52.6 cm³/mol. The van der Waals surface area contributed by atoms with Gasteiger partial charge in [-0.15, -0.1) is 0 Å². The van der Waals surface area contributed by atoms with E-state index in [0.717, 1.165) is 5.56 Å². The molecule has 0 saturated carbocycles. The van der Waals surface area contributed by atoms with Crippen molar-refractivity contribution in [1.82, 2.24) is 0 Å². The number of carboxylic acid groups (broad SMARTS) is 1. The summed E-state index contributed by atoms with van der Waals surface area (Å²) in [6.07, 6.45) is 1.32. The highest BCUT2D eigenvalue weighted by Gasteiger charge is 2.12. The Labute approximate surface area is 81.7 Å².